The monoisotopic (exact) mass is 1970 g/mol. The average Bonchev–Trinajstić information content (AvgIpc) is 0.808. The van der Waals surface area contributed by atoms with Crippen LogP contribution >= 0.6 is 0 Å². The van der Waals surface area contributed by atoms with Crippen LogP contribution in [0.4, 0.5) is 0 Å². The van der Waals surface area contributed by atoms with Crippen molar-refractivity contribution < 1.29 is 71.1 Å². The molecule has 0 aromatic carbocycles. The van der Waals surface area contributed by atoms with E-state index < -0.39 is 0 Å². The largest absolute Gasteiger partial charge is 0.489 e. The summed E-state index contributed by atoms with van der Waals surface area (Å²) in [5.41, 5.74) is 0.954. The number of hydrogen-bond donors (Lipinski definition) is 0. The van der Waals surface area contributed by atoms with Gasteiger partial charge in [-0.3, -0.25) is 24.5 Å². The van der Waals surface area contributed by atoms with Crippen molar-refractivity contribution >= 4 is 0 Å². The van der Waals surface area contributed by atoms with Crippen LogP contribution in [-0.4, -0.2) is 381 Å². The Kier molecular flexibility index (Phi) is 49.6. The van der Waals surface area contributed by atoms with Gasteiger partial charge >= 0.3 is 0 Å². The molecule has 26 nitrogen and oxygen atoms in total. The third kappa shape index (κ3) is 52.3. The Balaban J connectivity index is 0.000000207. The fourth-order valence-electron chi connectivity index (χ4n) is 18.9. The Morgan fingerprint density at radius 3 is 0.943 bits per heavy atom. The van der Waals surface area contributed by atoms with E-state index in [2.05, 4.69) is 265 Å². The van der Waals surface area contributed by atoms with E-state index in [1.54, 1.807) is 32.8 Å². The Bertz CT molecular complexity index is 3760. The van der Waals surface area contributed by atoms with Gasteiger partial charge in [0.1, 0.15) is 36.9 Å². The number of rotatable bonds is 31. The summed E-state index contributed by atoms with van der Waals surface area (Å²) in [6, 6.07) is 3.79. The van der Waals surface area contributed by atoms with E-state index in [1.807, 2.05) is 32.9 Å². The molecule has 8 heterocycles. The van der Waals surface area contributed by atoms with Crippen molar-refractivity contribution in [1.29, 1.82) is 0 Å². The average molecular weight is 1970 g/mol. The second-order valence-electron chi connectivity index (χ2n) is 51.2. The van der Waals surface area contributed by atoms with Crippen molar-refractivity contribution in [2.24, 2.45) is 5.92 Å². The van der Waals surface area contributed by atoms with Crippen molar-refractivity contribution in [3.8, 4) is 35.2 Å². The molecule has 11 fully saturated rings. The Morgan fingerprint density at radius 2 is 0.600 bits per heavy atom. The summed E-state index contributed by atoms with van der Waals surface area (Å²) in [4.78, 5) is 33.3. The minimum absolute atomic E-state index is 0.0217. The SMILES string of the molecule is CC(C)(C)OC1CC(OC2CCN(CC3CCN(C(C)(C)C)CC3)CC2)C1.CC(C)(C)OC1CC(OC2CCN(CCN3CCN(C(C)(C)C)CC3)CC2)C1.CC(C)(C)OCC#Cc1ccc(OC2CC(OC(C)(C)C)C2)cn1.CC(C)(C)OCCN1CCC(OC2CC(OC(C)(C)C)C2)CC1.CC(C)(C)OCCN1CCN(CCOC(C)(C)C)CC1.COCC#Cc1ncc(OC2CC(OC)C2)cn1. The predicted molar refractivity (Wildman–Crippen MR) is 567 cm³/mol. The van der Waals surface area contributed by atoms with Crippen LogP contribution in [0.3, 0.4) is 0 Å². The van der Waals surface area contributed by atoms with E-state index in [4.69, 9.17) is 71.1 Å². The van der Waals surface area contributed by atoms with Gasteiger partial charge in [-0.25, -0.2) is 15.0 Å². The predicted octanol–water partition coefficient (Wildman–Crippen LogP) is 18.4. The first-order chi connectivity index (χ1) is 65.3. The quantitative estimate of drug-likeness (QED) is 0.0644. The van der Waals surface area contributed by atoms with Crippen LogP contribution in [0.1, 0.15) is 335 Å². The lowest BCUT2D eigenvalue weighted by atomic mass is 9.90. The first-order valence-electron chi connectivity index (χ1n) is 54.5. The number of aromatic nitrogens is 3. The summed E-state index contributed by atoms with van der Waals surface area (Å²) in [6.45, 7) is 93.7. The second-order valence-corrected chi connectivity index (χ2v) is 51.2. The van der Waals surface area contributed by atoms with Crippen LogP contribution in [-0.2, 0) is 61.6 Å². The molecule has 0 radical (unpaired) electrons. The van der Waals surface area contributed by atoms with Crippen molar-refractivity contribution in [3.63, 3.8) is 0 Å². The summed E-state index contributed by atoms with van der Waals surface area (Å²) in [7, 11) is 3.32. The Hall–Kier alpha value is -3.89. The topological polar surface area (TPSA) is 203 Å². The molecule has 5 saturated carbocycles. The highest BCUT2D eigenvalue weighted by molar-refractivity contribution is 5.31. The van der Waals surface area contributed by atoms with Gasteiger partial charge in [0, 0.05) is 182 Å². The molecule has 140 heavy (non-hydrogen) atoms. The van der Waals surface area contributed by atoms with Crippen molar-refractivity contribution in [2.45, 2.75) is 459 Å². The minimum Gasteiger partial charge on any atom is -0.489 e. The van der Waals surface area contributed by atoms with E-state index in [0.717, 1.165) is 173 Å². The lowest BCUT2D eigenvalue weighted by molar-refractivity contribution is -0.168. The van der Waals surface area contributed by atoms with Crippen LogP contribution in [0, 0.1) is 29.6 Å². The highest BCUT2D eigenvalue weighted by atomic mass is 16.6. The van der Waals surface area contributed by atoms with E-state index in [1.165, 1.54) is 124 Å². The molecule has 6 saturated heterocycles. The fraction of sp³-hybridized carbons (Fsp3) is 0.886. The molecule has 11 aliphatic rings. The minimum atomic E-state index is -0.170. The molecule has 13 rings (SSSR count). The molecule has 0 bridgehead atoms. The van der Waals surface area contributed by atoms with Gasteiger partial charge in [-0.15, -0.1) is 0 Å². The molecule has 2 aromatic rings. The van der Waals surface area contributed by atoms with Crippen molar-refractivity contribution in [1.82, 2.24) is 54.2 Å². The summed E-state index contributed by atoms with van der Waals surface area (Å²) >= 11 is 0. The van der Waals surface area contributed by atoms with Crippen LogP contribution in [0.2, 0.25) is 0 Å². The van der Waals surface area contributed by atoms with E-state index in [-0.39, 0.29) is 57.0 Å². The van der Waals surface area contributed by atoms with Gasteiger partial charge in [0.2, 0.25) is 5.82 Å². The van der Waals surface area contributed by atoms with Gasteiger partial charge in [0.05, 0.1) is 150 Å². The standard InChI is InChI=1S/C23H45N3O2.C23H44N2O2.C20H29NO3.C19H37NO3.C16H34N2O2.C13H16N2O3/c1-22(2,3)26-15-13-25(14-16-26)12-11-24-9-7-19(8-10-24)27-20-17-21(18-20)28-23(4,5)6;1-22(2,3)25-13-7-18(8-14-25)17-24-11-9-19(10-12-24)26-20-15-21(16-20)27-23(4,5)6;1-19(2,3)22-11-7-8-15-9-10-16(14-21-15)23-17-12-18(13-17)24-20(4,5)6;1-18(2,3)21-12-11-20-9-7-15(8-10-20)22-16-13-17(14-16)23-19(4,5)6;1-15(2,3)19-13-11-17-7-9-18(10-8-17)12-14-20-16(4,5)6;1-16-5-3-4-13-14-8-12(9-15-13)18-11-6-10(7-11)17-2/h19-21H,7-18H2,1-6H3;18-21H,7-17H2,1-6H3;9-10,14,17-18H,11-13H2,1-6H3;15-17H,7-14H2,1-6H3;7-14H2,1-6H3;8-11H,5-7H2,1-2H3. The number of methoxy groups -OCH3 is 2. The maximum absolute atomic E-state index is 6.35. The maximum atomic E-state index is 6.35. The zero-order valence-electron chi connectivity index (χ0n) is 94.8. The number of nitrogens with zero attached hydrogens (tertiary/aromatic N) is 11. The molecule has 6 aliphatic heterocycles. The first kappa shape index (κ1) is 121. The van der Waals surface area contributed by atoms with E-state index >= 15 is 0 Å². The Labute approximate surface area is 853 Å². The van der Waals surface area contributed by atoms with E-state index in [0.29, 0.717) is 103 Å². The summed E-state index contributed by atoms with van der Waals surface area (Å²) in [6.07, 6.45) is 30.0. The van der Waals surface area contributed by atoms with Crippen LogP contribution in [0.25, 0.3) is 0 Å². The zero-order chi connectivity index (χ0) is 103. The van der Waals surface area contributed by atoms with Gasteiger partial charge in [0.15, 0.2) is 5.75 Å². The summed E-state index contributed by atoms with van der Waals surface area (Å²) in [5.74, 6) is 14.4. The molecule has 0 unspecified atom stereocenters. The number of piperidine rings is 4. The maximum Gasteiger partial charge on any atom is 0.205 e. The molecule has 2 aromatic heterocycles. The molecular formula is C114H205N11O15. The van der Waals surface area contributed by atoms with Crippen LogP contribution in [0.15, 0.2) is 30.7 Å². The number of ether oxygens (including phenoxy) is 15. The highest BCUT2D eigenvalue weighted by Gasteiger charge is 2.42. The van der Waals surface area contributed by atoms with Gasteiger partial charge < -0.3 is 85.8 Å². The number of likely N-dealkylation sites (tertiary alicyclic amines) is 4. The highest BCUT2D eigenvalue weighted by Crippen LogP contribution is 2.38. The lowest BCUT2D eigenvalue weighted by Gasteiger charge is -2.43. The lowest BCUT2D eigenvalue weighted by Crippen LogP contribution is -2.54. The molecule has 0 amide bonds. The molecule has 806 valence electrons. The summed E-state index contributed by atoms with van der Waals surface area (Å²) < 4.78 is 87.4. The normalized spacial score (nSPS) is 25.5. The van der Waals surface area contributed by atoms with Crippen LogP contribution < -0.4 is 9.47 Å². The third-order valence-electron chi connectivity index (χ3n) is 27.0. The molecular weight excluding hydrogens is 1760 g/mol. The number of hydrogen-bond acceptors (Lipinski definition) is 26. The van der Waals surface area contributed by atoms with Crippen molar-refractivity contribution in [2.75, 3.05) is 191 Å². The van der Waals surface area contributed by atoms with Gasteiger partial charge in [-0.2, -0.15) is 0 Å². The molecule has 5 aliphatic carbocycles. The molecule has 0 atom stereocenters. The van der Waals surface area contributed by atoms with Crippen molar-refractivity contribution in [3.05, 3.63) is 42.2 Å². The summed E-state index contributed by atoms with van der Waals surface area (Å²) in [5, 5.41) is 0. The number of piperazine rings is 2. The Morgan fingerprint density at radius 1 is 0.286 bits per heavy atom. The third-order valence-corrected chi connectivity index (χ3v) is 27.0. The van der Waals surface area contributed by atoms with Gasteiger partial charge in [-0.05, 0) is 341 Å². The molecule has 26 heteroatoms. The fourth-order valence-corrected chi connectivity index (χ4v) is 18.9. The van der Waals surface area contributed by atoms with Gasteiger partial charge in [0.25, 0.3) is 0 Å². The first-order valence-corrected chi connectivity index (χ1v) is 54.5. The van der Waals surface area contributed by atoms with E-state index in [9.17, 15) is 0 Å². The zero-order valence-corrected chi connectivity index (χ0v) is 94.8. The smallest absolute Gasteiger partial charge is 0.205 e. The molecule has 0 N–H and O–H groups in total. The van der Waals surface area contributed by atoms with Gasteiger partial charge in [-0.1, -0.05) is 11.8 Å². The number of pyridine rings is 1. The second kappa shape index (κ2) is 57.2. The molecule has 0 spiro atoms. The van der Waals surface area contributed by atoms with Crippen LogP contribution in [0.5, 0.6) is 11.5 Å².